The summed E-state index contributed by atoms with van der Waals surface area (Å²) in [6.07, 6.45) is 0. The number of anilines is 1. The van der Waals surface area contributed by atoms with E-state index < -0.39 is 18.4 Å². The molecular formula is C16H14F2N4O3. The summed E-state index contributed by atoms with van der Waals surface area (Å²) in [5.41, 5.74) is 3.65. The number of rotatable bonds is 5. The first-order valence-corrected chi connectivity index (χ1v) is 7.05. The van der Waals surface area contributed by atoms with Gasteiger partial charge in [-0.2, -0.15) is 14.0 Å². The molecular weight excluding hydrogens is 334 g/mol. The highest BCUT2D eigenvalue weighted by atomic mass is 19.3. The quantitative estimate of drug-likeness (QED) is 0.848. The third-order valence-electron chi connectivity index (χ3n) is 3.33. The van der Waals surface area contributed by atoms with E-state index in [9.17, 15) is 18.4 Å². The van der Waals surface area contributed by atoms with Gasteiger partial charge in [0.15, 0.2) is 0 Å². The molecule has 1 aromatic carbocycles. The molecule has 1 heterocycles. The average molecular weight is 348 g/mol. The fraction of sp³-hybridized carbons (Fsp3) is 0.188. The van der Waals surface area contributed by atoms with Crippen LogP contribution in [0.4, 0.5) is 14.5 Å². The van der Waals surface area contributed by atoms with Gasteiger partial charge < -0.3 is 10.1 Å². The van der Waals surface area contributed by atoms with Gasteiger partial charge in [-0.15, -0.1) is 0 Å². The van der Waals surface area contributed by atoms with Crippen LogP contribution in [0.2, 0.25) is 0 Å². The molecule has 7 nitrogen and oxygen atoms in total. The zero-order valence-electron chi connectivity index (χ0n) is 13.2. The molecule has 0 aromatic heterocycles. The molecule has 0 saturated carbocycles. The number of carbonyl (C=O) groups is 2. The second kappa shape index (κ2) is 7.44. The van der Waals surface area contributed by atoms with Crippen LogP contribution in [0.1, 0.15) is 6.92 Å². The highest BCUT2D eigenvalue weighted by Crippen LogP contribution is 2.19. The maximum Gasteiger partial charge on any atom is 0.387 e. The molecule has 0 fully saturated rings. The summed E-state index contributed by atoms with van der Waals surface area (Å²) in [4.78, 5) is 24.2. The minimum atomic E-state index is -2.93. The van der Waals surface area contributed by atoms with E-state index in [2.05, 4.69) is 22.1 Å². The van der Waals surface area contributed by atoms with Gasteiger partial charge in [0.1, 0.15) is 23.9 Å². The average Bonchev–Trinajstić information content (AvgIpc) is 2.54. The Labute approximate surface area is 142 Å². The van der Waals surface area contributed by atoms with Crippen molar-refractivity contribution < 1.29 is 23.1 Å². The maximum atomic E-state index is 12.1. The number of amides is 2. The number of alkyl halides is 2. The van der Waals surface area contributed by atoms with Crippen LogP contribution in [0, 0.1) is 11.3 Å². The van der Waals surface area contributed by atoms with E-state index in [1.165, 1.54) is 24.3 Å². The fourth-order valence-corrected chi connectivity index (χ4v) is 2.05. The van der Waals surface area contributed by atoms with E-state index >= 15 is 0 Å². The van der Waals surface area contributed by atoms with Crippen LogP contribution in [0.3, 0.4) is 0 Å². The molecule has 0 aliphatic carbocycles. The van der Waals surface area contributed by atoms with E-state index in [1.807, 2.05) is 0 Å². The zero-order chi connectivity index (χ0) is 18.6. The number of hydrazine groups is 1. The number of carbonyl (C=O) groups excluding carboxylic acids is 2. The van der Waals surface area contributed by atoms with Gasteiger partial charge in [0.2, 0.25) is 5.91 Å². The summed E-state index contributed by atoms with van der Waals surface area (Å²) in [6, 6.07) is 7.09. The van der Waals surface area contributed by atoms with E-state index in [-0.39, 0.29) is 17.9 Å². The van der Waals surface area contributed by atoms with Crippen molar-refractivity contribution in [2.24, 2.45) is 0 Å². The number of benzene rings is 1. The highest BCUT2D eigenvalue weighted by molar-refractivity contribution is 6.02. The predicted octanol–water partition coefficient (Wildman–Crippen LogP) is 1.93. The lowest BCUT2D eigenvalue weighted by Crippen LogP contribution is -2.50. The fourth-order valence-electron chi connectivity index (χ4n) is 2.05. The second-order valence-corrected chi connectivity index (χ2v) is 5.04. The van der Waals surface area contributed by atoms with Gasteiger partial charge in [0, 0.05) is 5.69 Å². The summed E-state index contributed by atoms with van der Waals surface area (Å²) < 4.78 is 28.4. The maximum absolute atomic E-state index is 12.1. The lowest BCUT2D eigenvalue weighted by molar-refractivity contribution is -0.134. The first-order chi connectivity index (χ1) is 11.8. The molecule has 0 spiro atoms. The number of nitrogens with zero attached hydrogens (tertiary/aromatic N) is 2. The summed E-state index contributed by atoms with van der Waals surface area (Å²) in [6.45, 7) is 1.95. The molecule has 1 aromatic rings. The van der Waals surface area contributed by atoms with Crippen LogP contribution in [-0.2, 0) is 9.59 Å². The van der Waals surface area contributed by atoms with Gasteiger partial charge in [-0.3, -0.25) is 15.0 Å². The zero-order valence-corrected chi connectivity index (χ0v) is 13.2. The number of allylic oxidation sites excluding steroid dienone is 1. The molecule has 2 N–H and O–H groups in total. The molecule has 9 heteroatoms. The topological polar surface area (TPSA) is 94.5 Å². The minimum absolute atomic E-state index is 0.0450. The van der Waals surface area contributed by atoms with Crippen LogP contribution in [0.15, 0.2) is 47.7 Å². The molecule has 0 atom stereocenters. The van der Waals surface area contributed by atoms with E-state index in [1.54, 1.807) is 13.0 Å². The first kappa shape index (κ1) is 17.9. The minimum Gasteiger partial charge on any atom is -0.435 e. The molecule has 0 saturated heterocycles. The van der Waals surface area contributed by atoms with Crippen molar-refractivity contribution in [3.8, 4) is 11.8 Å². The van der Waals surface area contributed by atoms with Gasteiger partial charge in [0.05, 0.1) is 5.70 Å². The SMILES string of the molecule is C=C1NN(CC(=O)Nc2ccc(OC(F)F)cc2)C(=O)C(C#N)=C1C. The van der Waals surface area contributed by atoms with Crippen LogP contribution in [-0.4, -0.2) is 30.0 Å². The van der Waals surface area contributed by atoms with E-state index in [4.69, 9.17) is 5.26 Å². The van der Waals surface area contributed by atoms with Crippen LogP contribution in [0.25, 0.3) is 0 Å². The number of hydrogen-bond donors (Lipinski definition) is 2. The lowest BCUT2D eigenvalue weighted by atomic mass is 10.1. The van der Waals surface area contributed by atoms with Gasteiger partial charge in [-0.05, 0) is 36.8 Å². The number of halogens is 2. The van der Waals surface area contributed by atoms with Crippen molar-refractivity contribution in [3.63, 3.8) is 0 Å². The highest BCUT2D eigenvalue weighted by Gasteiger charge is 2.28. The predicted molar refractivity (Wildman–Crippen MR) is 84.0 cm³/mol. The van der Waals surface area contributed by atoms with Crippen molar-refractivity contribution in [1.29, 1.82) is 5.26 Å². The summed E-state index contributed by atoms with van der Waals surface area (Å²) in [7, 11) is 0. The summed E-state index contributed by atoms with van der Waals surface area (Å²) in [5.74, 6) is -1.23. The van der Waals surface area contributed by atoms with Crippen molar-refractivity contribution in [1.82, 2.24) is 10.4 Å². The first-order valence-electron chi connectivity index (χ1n) is 7.05. The number of ether oxygens (including phenoxy) is 1. The third kappa shape index (κ3) is 4.32. The number of nitrogens with one attached hydrogen (secondary N) is 2. The van der Waals surface area contributed by atoms with Crippen molar-refractivity contribution in [3.05, 3.63) is 47.7 Å². The molecule has 0 radical (unpaired) electrons. The molecule has 0 bridgehead atoms. The second-order valence-electron chi connectivity index (χ2n) is 5.04. The molecule has 2 amide bonds. The monoisotopic (exact) mass is 348 g/mol. The van der Waals surface area contributed by atoms with Gasteiger partial charge in [-0.25, -0.2) is 5.01 Å². The van der Waals surface area contributed by atoms with Crippen molar-refractivity contribution >= 4 is 17.5 Å². The Kier molecular flexibility index (Phi) is 5.34. The van der Waals surface area contributed by atoms with Crippen LogP contribution < -0.4 is 15.5 Å². The molecule has 130 valence electrons. The molecule has 0 unspecified atom stereocenters. The standard InChI is InChI=1S/C16H14F2N4O3/c1-9-10(2)21-22(15(24)13(9)7-19)8-14(23)20-11-3-5-12(6-4-11)25-16(17)18/h3-6,16,21H,2,8H2,1H3,(H,20,23). The van der Waals surface area contributed by atoms with Crippen LogP contribution in [0.5, 0.6) is 5.75 Å². The van der Waals surface area contributed by atoms with Gasteiger partial charge in [0.25, 0.3) is 5.91 Å². The Balaban J connectivity index is 2.00. The molecule has 2 rings (SSSR count). The van der Waals surface area contributed by atoms with Crippen molar-refractivity contribution in [2.45, 2.75) is 13.5 Å². The Morgan fingerprint density at radius 3 is 2.64 bits per heavy atom. The third-order valence-corrected chi connectivity index (χ3v) is 3.33. The lowest BCUT2D eigenvalue weighted by Gasteiger charge is -2.29. The molecule has 25 heavy (non-hydrogen) atoms. The number of hydrogen-bond acceptors (Lipinski definition) is 5. The van der Waals surface area contributed by atoms with E-state index in [0.29, 0.717) is 17.0 Å². The smallest absolute Gasteiger partial charge is 0.387 e. The van der Waals surface area contributed by atoms with Gasteiger partial charge in [-0.1, -0.05) is 6.58 Å². The largest absolute Gasteiger partial charge is 0.435 e. The van der Waals surface area contributed by atoms with E-state index in [0.717, 1.165) is 5.01 Å². The van der Waals surface area contributed by atoms with Crippen molar-refractivity contribution in [2.75, 3.05) is 11.9 Å². The Hall–Kier alpha value is -3.41. The summed E-state index contributed by atoms with van der Waals surface area (Å²) in [5, 5.41) is 12.5. The number of nitriles is 1. The Morgan fingerprint density at radius 2 is 2.08 bits per heavy atom. The summed E-state index contributed by atoms with van der Waals surface area (Å²) >= 11 is 0. The Bertz CT molecular complexity index is 782. The molecule has 1 aliphatic heterocycles. The molecule has 1 aliphatic rings. The Morgan fingerprint density at radius 1 is 1.44 bits per heavy atom. The van der Waals surface area contributed by atoms with Gasteiger partial charge >= 0.3 is 6.61 Å². The normalized spacial score (nSPS) is 14.3. The van der Waals surface area contributed by atoms with Crippen LogP contribution >= 0.6 is 0 Å².